The number of hydrogen-bond donors (Lipinski definition) is 0. The molecule has 2 nitrogen and oxygen atoms in total. The van der Waals surface area contributed by atoms with Crippen LogP contribution in [-0.2, 0) is 13.0 Å². The average molecular weight is 427 g/mol. The smallest absolute Gasteiger partial charge is 0.138 e. The monoisotopic (exact) mass is 426 g/mol. The molecule has 20 heavy (non-hydrogen) atoms. The second-order valence-electron chi connectivity index (χ2n) is 5.27. The number of halogens is 3. The van der Waals surface area contributed by atoms with Gasteiger partial charge in [-0.15, -0.1) is 11.6 Å². The Morgan fingerprint density at radius 3 is 2.75 bits per heavy atom. The van der Waals surface area contributed by atoms with Crippen molar-refractivity contribution in [2.24, 2.45) is 0 Å². The van der Waals surface area contributed by atoms with Crippen molar-refractivity contribution in [3.63, 3.8) is 0 Å². The van der Waals surface area contributed by atoms with Gasteiger partial charge in [-0.25, -0.2) is 9.37 Å². The molecule has 1 aromatic heterocycles. The predicted octanol–water partition coefficient (Wildman–Crippen LogP) is 4.70. The SMILES string of the molecule is CSC(C)(C)Cn1c(CCCl)nc2cc(I)c(F)cc21. The largest absolute Gasteiger partial charge is 0.326 e. The molecule has 1 heterocycles. The number of rotatable bonds is 5. The lowest BCUT2D eigenvalue weighted by Gasteiger charge is -2.24. The summed E-state index contributed by atoms with van der Waals surface area (Å²) < 4.78 is 16.6. The third kappa shape index (κ3) is 3.42. The molecule has 2 rings (SSSR count). The molecule has 0 saturated heterocycles. The predicted molar refractivity (Wildman–Crippen MR) is 94.4 cm³/mol. The summed E-state index contributed by atoms with van der Waals surface area (Å²) in [6, 6.07) is 3.38. The van der Waals surface area contributed by atoms with Gasteiger partial charge in [-0.05, 0) is 48.8 Å². The van der Waals surface area contributed by atoms with E-state index in [0.717, 1.165) is 23.4 Å². The number of benzene rings is 1. The third-order valence-electron chi connectivity index (χ3n) is 3.28. The van der Waals surface area contributed by atoms with Gasteiger partial charge in [0.15, 0.2) is 0 Å². The van der Waals surface area contributed by atoms with Crippen molar-refractivity contribution < 1.29 is 4.39 Å². The van der Waals surface area contributed by atoms with Gasteiger partial charge in [-0.2, -0.15) is 11.8 Å². The van der Waals surface area contributed by atoms with E-state index in [1.807, 2.05) is 22.6 Å². The summed E-state index contributed by atoms with van der Waals surface area (Å²) in [5, 5.41) is 0. The maximum atomic E-state index is 13.9. The van der Waals surface area contributed by atoms with Crippen LogP contribution in [0.1, 0.15) is 19.7 Å². The summed E-state index contributed by atoms with van der Waals surface area (Å²) in [7, 11) is 0. The van der Waals surface area contributed by atoms with Gasteiger partial charge in [-0.3, -0.25) is 0 Å². The molecule has 0 radical (unpaired) electrons. The second-order valence-corrected chi connectivity index (χ2v) is 8.33. The molecule has 0 aliphatic carbocycles. The van der Waals surface area contributed by atoms with Crippen LogP contribution in [0.25, 0.3) is 11.0 Å². The molecule has 0 bridgehead atoms. The van der Waals surface area contributed by atoms with Crippen molar-refractivity contribution in [3.05, 3.63) is 27.3 Å². The topological polar surface area (TPSA) is 17.8 Å². The molecule has 0 aliphatic heterocycles. The van der Waals surface area contributed by atoms with Crippen molar-refractivity contribution in [2.75, 3.05) is 12.1 Å². The van der Waals surface area contributed by atoms with Crippen LogP contribution in [0.4, 0.5) is 4.39 Å². The molecular weight excluding hydrogens is 410 g/mol. The number of hydrogen-bond acceptors (Lipinski definition) is 2. The van der Waals surface area contributed by atoms with Gasteiger partial charge in [0.25, 0.3) is 0 Å². The highest BCUT2D eigenvalue weighted by atomic mass is 127. The Labute approximate surface area is 141 Å². The quantitative estimate of drug-likeness (QED) is 0.509. The Balaban J connectivity index is 2.58. The first kappa shape index (κ1) is 16.4. The number of imidazole rings is 1. The highest BCUT2D eigenvalue weighted by molar-refractivity contribution is 14.1. The number of aryl methyl sites for hydroxylation is 1. The molecule has 2 aromatic rings. The van der Waals surface area contributed by atoms with Gasteiger partial charge >= 0.3 is 0 Å². The molecule has 0 fully saturated rings. The van der Waals surface area contributed by atoms with Gasteiger partial charge in [0.2, 0.25) is 0 Å². The Hall–Kier alpha value is -0.0100. The van der Waals surface area contributed by atoms with E-state index in [1.54, 1.807) is 23.9 Å². The normalized spacial score (nSPS) is 12.3. The van der Waals surface area contributed by atoms with Crippen LogP contribution in [-0.4, -0.2) is 26.4 Å². The molecular formula is C14H17ClFIN2S. The van der Waals surface area contributed by atoms with E-state index in [-0.39, 0.29) is 10.6 Å². The Morgan fingerprint density at radius 2 is 2.15 bits per heavy atom. The summed E-state index contributed by atoms with van der Waals surface area (Å²) in [5.41, 5.74) is 1.69. The molecule has 110 valence electrons. The first-order chi connectivity index (χ1) is 9.38. The van der Waals surface area contributed by atoms with Crippen LogP contribution in [0.5, 0.6) is 0 Å². The van der Waals surface area contributed by atoms with E-state index in [0.29, 0.717) is 15.9 Å². The minimum Gasteiger partial charge on any atom is -0.326 e. The number of aromatic nitrogens is 2. The van der Waals surface area contributed by atoms with Crippen molar-refractivity contribution in [1.82, 2.24) is 9.55 Å². The lowest BCUT2D eigenvalue weighted by molar-refractivity contribution is 0.559. The number of fused-ring (bicyclic) bond motifs is 1. The van der Waals surface area contributed by atoms with Crippen molar-refractivity contribution in [3.8, 4) is 0 Å². The summed E-state index contributed by atoms with van der Waals surface area (Å²) in [6.07, 6.45) is 2.78. The second kappa shape index (κ2) is 6.40. The van der Waals surface area contributed by atoms with E-state index in [1.165, 1.54) is 0 Å². The molecule has 6 heteroatoms. The number of alkyl halides is 1. The molecule has 0 spiro atoms. The average Bonchev–Trinajstić information content (AvgIpc) is 2.68. The van der Waals surface area contributed by atoms with E-state index in [2.05, 4.69) is 29.7 Å². The van der Waals surface area contributed by atoms with E-state index in [4.69, 9.17) is 11.6 Å². The van der Waals surface area contributed by atoms with E-state index < -0.39 is 0 Å². The molecule has 1 aromatic carbocycles. The van der Waals surface area contributed by atoms with Crippen molar-refractivity contribution in [1.29, 1.82) is 0 Å². The van der Waals surface area contributed by atoms with Gasteiger partial charge < -0.3 is 4.57 Å². The fourth-order valence-electron chi connectivity index (χ4n) is 2.07. The van der Waals surface area contributed by atoms with E-state index >= 15 is 0 Å². The maximum absolute atomic E-state index is 13.9. The zero-order chi connectivity index (χ0) is 14.9. The molecule has 0 atom stereocenters. The Bertz CT molecular complexity index is 627. The highest BCUT2D eigenvalue weighted by Crippen LogP contribution is 2.28. The summed E-state index contributed by atoms with van der Waals surface area (Å²) >= 11 is 9.66. The highest BCUT2D eigenvalue weighted by Gasteiger charge is 2.21. The van der Waals surface area contributed by atoms with Crippen LogP contribution in [0.2, 0.25) is 0 Å². The summed E-state index contributed by atoms with van der Waals surface area (Å²) in [4.78, 5) is 4.62. The first-order valence-corrected chi connectivity index (χ1v) is 9.17. The van der Waals surface area contributed by atoms with Crippen molar-refractivity contribution >= 4 is 57.0 Å². The zero-order valence-corrected chi connectivity index (χ0v) is 15.4. The van der Waals surface area contributed by atoms with Gasteiger partial charge in [-0.1, -0.05) is 0 Å². The van der Waals surface area contributed by atoms with Gasteiger partial charge in [0.05, 0.1) is 14.6 Å². The minimum absolute atomic E-state index is 0.0637. The Morgan fingerprint density at radius 1 is 1.45 bits per heavy atom. The van der Waals surface area contributed by atoms with Crippen LogP contribution >= 0.6 is 46.0 Å². The van der Waals surface area contributed by atoms with Gasteiger partial charge in [0, 0.05) is 29.7 Å². The number of nitrogens with zero attached hydrogens (tertiary/aromatic N) is 2. The molecule has 0 aliphatic rings. The molecule has 0 unspecified atom stereocenters. The molecule has 0 N–H and O–H groups in total. The zero-order valence-electron chi connectivity index (χ0n) is 11.7. The maximum Gasteiger partial charge on any atom is 0.138 e. The lowest BCUT2D eigenvalue weighted by Crippen LogP contribution is -2.24. The van der Waals surface area contributed by atoms with Gasteiger partial charge in [0.1, 0.15) is 11.6 Å². The van der Waals surface area contributed by atoms with Crippen LogP contribution < -0.4 is 0 Å². The fraction of sp³-hybridized carbons (Fsp3) is 0.500. The minimum atomic E-state index is -0.196. The summed E-state index contributed by atoms with van der Waals surface area (Å²) in [6.45, 7) is 5.14. The third-order valence-corrected chi connectivity index (χ3v) is 5.53. The van der Waals surface area contributed by atoms with Crippen molar-refractivity contribution in [2.45, 2.75) is 31.6 Å². The van der Waals surface area contributed by atoms with Crippen LogP contribution in [0.15, 0.2) is 12.1 Å². The fourth-order valence-corrected chi connectivity index (χ4v) is 2.95. The summed E-state index contributed by atoms with van der Waals surface area (Å²) in [5.74, 6) is 1.25. The van der Waals surface area contributed by atoms with Crippen LogP contribution in [0, 0.1) is 9.39 Å². The van der Waals surface area contributed by atoms with E-state index in [9.17, 15) is 4.39 Å². The molecule has 0 amide bonds. The first-order valence-electron chi connectivity index (χ1n) is 6.33. The van der Waals surface area contributed by atoms with Crippen LogP contribution in [0.3, 0.4) is 0 Å². The lowest BCUT2D eigenvalue weighted by atomic mass is 10.2. The Kier molecular flexibility index (Phi) is 5.24. The number of thioether (sulfide) groups is 1. The molecule has 0 saturated carbocycles. The standard InChI is InChI=1S/C14H17ClFIN2S/c1-14(2,20-3)8-19-12-6-9(16)10(17)7-11(12)18-13(19)4-5-15/h6-7H,4-5,8H2,1-3H3.